The second-order valence-electron chi connectivity index (χ2n) is 20.7. The van der Waals surface area contributed by atoms with Crippen LogP contribution in [-0.4, -0.2) is 101 Å². The van der Waals surface area contributed by atoms with Gasteiger partial charge in [-0.05, 0) is 114 Å². The minimum absolute atomic E-state index is 0.0180. The molecule has 0 aliphatic carbocycles. The van der Waals surface area contributed by atoms with Crippen molar-refractivity contribution in [3.05, 3.63) is 248 Å². The van der Waals surface area contributed by atoms with Crippen LogP contribution in [0.3, 0.4) is 0 Å². The summed E-state index contributed by atoms with van der Waals surface area (Å²) < 4.78 is 61.9. The van der Waals surface area contributed by atoms with Gasteiger partial charge in [0.05, 0.1) is 99.7 Å². The van der Waals surface area contributed by atoms with Crippen molar-refractivity contribution in [1.29, 1.82) is 0 Å². The van der Waals surface area contributed by atoms with Crippen LogP contribution in [0.4, 0.5) is 0 Å². The number of hydrogen-bond acceptors (Lipinski definition) is 19. The van der Waals surface area contributed by atoms with Gasteiger partial charge in [-0.2, -0.15) is 0 Å². The Morgan fingerprint density at radius 1 is 0.467 bits per heavy atom. The van der Waals surface area contributed by atoms with Gasteiger partial charge in [-0.15, -0.1) is 10.2 Å². The van der Waals surface area contributed by atoms with Crippen molar-refractivity contribution in [2.75, 3.05) is 53.9 Å². The van der Waals surface area contributed by atoms with Gasteiger partial charge in [0.15, 0.2) is 11.5 Å². The molecule has 4 aromatic heterocycles. The Morgan fingerprint density at radius 3 is 1.36 bits per heavy atom. The van der Waals surface area contributed by atoms with Crippen LogP contribution in [0, 0.1) is 0 Å². The lowest BCUT2D eigenvalue weighted by Gasteiger charge is -2.21. The summed E-state index contributed by atoms with van der Waals surface area (Å²) in [5, 5.41) is 18.4. The molecule has 0 unspecified atom stereocenters. The fraction of sp³-hybridized carbons (Fsp3) is 0.217. The standard InChI is InChI=1S/C69H63N7O14/c1-81-68(79)52-16-10-14-48(38-52)43-87-66-62(77)58-18-6-8-20-60(58)89-64(66)50-22-26-56(27-23-50)85-36-34-83-32-30-54-41-75(72-70-54)45-74(40-47-12-4-3-5-13-47)46-76-42-55(71-73-76)31-33-84-35-37-86-57-28-24-51(25-29-57)65-67(63(78)59-19-7-9-21-61(59)90-65)88-44-49-15-11-17-53(39-49)69(80)82-2/h3-29,38-39,41-42H,30-37,40,43-46H2,1-2H3. The first-order valence-corrected chi connectivity index (χ1v) is 29.0. The fourth-order valence-electron chi connectivity index (χ4n) is 9.86. The molecule has 0 saturated carbocycles. The third kappa shape index (κ3) is 15.7. The third-order valence-corrected chi connectivity index (χ3v) is 14.3. The third-order valence-electron chi connectivity index (χ3n) is 14.3. The Hall–Kier alpha value is -10.7. The maximum Gasteiger partial charge on any atom is 0.337 e. The van der Waals surface area contributed by atoms with E-state index < -0.39 is 11.9 Å². The number of esters is 2. The van der Waals surface area contributed by atoms with E-state index >= 15 is 0 Å². The first-order chi connectivity index (χ1) is 44.1. The van der Waals surface area contributed by atoms with Crippen molar-refractivity contribution >= 4 is 33.9 Å². The van der Waals surface area contributed by atoms with Crippen LogP contribution < -0.4 is 29.8 Å². The molecule has 0 saturated heterocycles. The molecule has 0 spiro atoms. The first kappa shape index (κ1) is 60.9. The summed E-state index contributed by atoms with van der Waals surface area (Å²) in [6, 6.07) is 52.2. The quantitative estimate of drug-likeness (QED) is 0.0301. The molecule has 21 heteroatoms. The number of ether oxygens (including phenoxy) is 8. The maximum atomic E-state index is 13.7. The summed E-state index contributed by atoms with van der Waals surface area (Å²) in [6.07, 6.45) is 4.92. The van der Waals surface area contributed by atoms with Crippen LogP contribution in [0.1, 0.15) is 48.8 Å². The van der Waals surface area contributed by atoms with Crippen LogP contribution in [0.2, 0.25) is 0 Å². The molecular formula is C69H63N7O14. The smallest absolute Gasteiger partial charge is 0.337 e. The average Bonchev–Trinajstić information content (AvgIpc) is 1.09. The zero-order chi connectivity index (χ0) is 62.0. The zero-order valence-electron chi connectivity index (χ0n) is 49.4. The van der Waals surface area contributed by atoms with Crippen molar-refractivity contribution in [1.82, 2.24) is 34.9 Å². The van der Waals surface area contributed by atoms with E-state index in [2.05, 4.69) is 37.7 Å². The van der Waals surface area contributed by atoms with Crippen molar-refractivity contribution < 1.29 is 56.3 Å². The van der Waals surface area contributed by atoms with Crippen LogP contribution in [0.5, 0.6) is 23.0 Å². The summed E-state index contributed by atoms with van der Waals surface area (Å²) in [4.78, 5) is 53.9. The lowest BCUT2D eigenvalue weighted by molar-refractivity contribution is 0.0591. The molecule has 0 bridgehead atoms. The molecule has 0 aliphatic heterocycles. The molecule has 11 aromatic rings. The molecule has 0 aliphatic rings. The number of nitrogens with zero attached hydrogens (tertiary/aromatic N) is 7. The number of methoxy groups -OCH3 is 2. The van der Waals surface area contributed by atoms with Gasteiger partial charge < -0.3 is 46.7 Å². The van der Waals surface area contributed by atoms with Gasteiger partial charge in [-0.25, -0.2) is 19.0 Å². The number of para-hydroxylation sites is 2. The highest BCUT2D eigenvalue weighted by Gasteiger charge is 2.21. The monoisotopic (exact) mass is 1210 g/mol. The van der Waals surface area contributed by atoms with Crippen molar-refractivity contribution in [2.45, 2.75) is 45.9 Å². The predicted molar refractivity (Wildman–Crippen MR) is 332 cm³/mol. The van der Waals surface area contributed by atoms with Gasteiger partial charge in [0.1, 0.15) is 49.1 Å². The number of rotatable bonds is 30. The molecule has 7 aromatic carbocycles. The van der Waals surface area contributed by atoms with Gasteiger partial charge in [-0.3, -0.25) is 14.5 Å². The summed E-state index contributed by atoms with van der Waals surface area (Å²) in [5.41, 5.74) is 6.24. The van der Waals surface area contributed by atoms with Crippen LogP contribution in [-0.2, 0) is 64.9 Å². The molecule has 0 radical (unpaired) electrons. The van der Waals surface area contributed by atoms with E-state index in [0.29, 0.717) is 139 Å². The highest BCUT2D eigenvalue weighted by atomic mass is 16.5. The van der Waals surface area contributed by atoms with Gasteiger partial charge in [-0.1, -0.05) is 89.3 Å². The molecule has 458 valence electrons. The summed E-state index contributed by atoms with van der Waals surface area (Å²) in [5.74, 6) is 0.907. The molecular weight excluding hydrogens is 1150 g/mol. The molecule has 21 nitrogen and oxygen atoms in total. The number of carbonyl (C=O) groups excluding carboxylic acids is 2. The van der Waals surface area contributed by atoms with Crippen LogP contribution in [0.15, 0.2) is 207 Å². The number of fused-ring (bicyclic) bond motifs is 2. The van der Waals surface area contributed by atoms with E-state index in [-0.39, 0.29) is 47.1 Å². The Kier molecular flexibility index (Phi) is 20.2. The zero-order valence-corrected chi connectivity index (χ0v) is 49.4. The normalized spacial score (nSPS) is 11.3. The second kappa shape index (κ2) is 29.8. The van der Waals surface area contributed by atoms with Gasteiger partial charge in [0, 0.05) is 30.5 Å². The predicted octanol–water partition coefficient (Wildman–Crippen LogP) is 10.5. The minimum Gasteiger partial charge on any atom is -0.491 e. The topological polar surface area (TPSA) is 233 Å². The second-order valence-corrected chi connectivity index (χ2v) is 20.7. The lowest BCUT2D eigenvalue weighted by atomic mass is 10.1. The molecule has 0 atom stereocenters. The van der Waals surface area contributed by atoms with Gasteiger partial charge >= 0.3 is 11.9 Å². The molecule has 0 N–H and O–H groups in total. The minimum atomic E-state index is -0.471. The van der Waals surface area contributed by atoms with E-state index in [1.165, 1.54) is 14.2 Å². The SMILES string of the molecule is COC(=O)c1cccc(COc2c(-c3ccc(OCCOCCc4cn(CN(Cc5ccccc5)Cn5cc(CCOCCOc6ccc(-c7oc8ccccc8c(=O)c7OCc7cccc(C(=O)OC)c7)cc6)nn5)nn4)cc3)oc3ccccc3c2=O)c1. The number of aromatic nitrogens is 6. The average molecular weight is 1210 g/mol. The van der Waals surface area contributed by atoms with E-state index in [1.54, 1.807) is 155 Å². The number of hydrogen-bond donors (Lipinski definition) is 0. The van der Waals surface area contributed by atoms with Crippen LogP contribution in [0.25, 0.3) is 44.6 Å². The van der Waals surface area contributed by atoms with Gasteiger partial charge in [0.2, 0.25) is 22.4 Å². The highest BCUT2D eigenvalue weighted by Crippen LogP contribution is 2.34. The van der Waals surface area contributed by atoms with E-state index in [1.807, 2.05) is 30.6 Å². The van der Waals surface area contributed by atoms with Crippen molar-refractivity contribution in [2.24, 2.45) is 0 Å². The highest BCUT2D eigenvalue weighted by molar-refractivity contribution is 5.90. The van der Waals surface area contributed by atoms with E-state index in [4.69, 9.17) is 46.7 Å². The van der Waals surface area contributed by atoms with Gasteiger partial charge in [0.25, 0.3) is 0 Å². The summed E-state index contributed by atoms with van der Waals surface area (Å²) >= 11 is 0. The Labute approximate surface area is 516 Å². The first-order valence-electron chi connectivity index (χ1n) is 29.0. The largest absolute Gasteiger partial charge is 0.491 e. The fourth-order valence-corrected chi connectivity index (χ4v) is 9.86. The van der Waals surface area contributed by atoms with E-state index in [9.17, 15) is 19.2 Å². The maximum absolute atomic E-state index is 13.7. The van der Waals surface area contributed by atoms with Crippen molar-refractivity contribution in [3.8, 4) is 45.6 Å². The summed E-state index contributed by atoms with van der Waals surface area (Å²) in [6.45, 7) is 3.64. The lowest BCUT2D eigenvalue weighted by Crippen LogP contribution is -2.29. The van der Waals surface area contributed by atoms with Crippen molar-refractivity contribution in [3.63, 3.8) is 0 Å². The van der Waals surface area contributed by atoms with Crippen LogP contribution >= 0.6 is 0 Å². The Morgan fingerprint density at radius 2 is 0.900 bits per heavy atom. The van der Waals surface area contributed by atoms with E-state index in [0.717, 1.165) is 17.0 Å². The molecule has 11 rings (SSSR count). The number of benzene rings is 7. The Balaban J connectivity index is 0.616. The Bertz CT molecular complexity index is 4080. The molecule has 90 heavy (non-hydrogen) atoms. The molecule has 0 amide bonds. The molecule has 4 heterocycles. The number of carbonyl (C=O) groups is 2. The summed E-state index contributed by atoms with van der Waals surface area (Å²) in [7, 11) is 2.64. The molecule has 0 fully saturated rings.